The molecular formula is C22H24N6O. The van der Waals surface area contributed by atoms with Gasteiger partial charge in [-0.1, -0.05) is 30.3 Å². The van der Waals surface area contributed by atoms with Crippen molar-refractivity contribution >= 4 is 11.0 Å². The summed E-state index contributed by atoms with van der Waals surface area (Å²) in [7, 11) is 0. The minimum atomic E-state index is 0.727. The Hall–Kier alpha value is -3.03. The van der Waals surface area contributed by atoms with Gasteiger partial charge in [-0.2, -0.15) is 10.2 Å². The summed E-state index contributed by atoms with van der Waals surface area (Å²) in [4.78, 5) is 6.99. The molecule has 0 atom stereocenters. The van der Waals surface area contributed by atoms with Gasteiger partial charge in [0.05, 0.1) is 25.1 Å². The third-order valence-electron chi connectivity index (χ3n) is 5.40. The molecule has 0 radical (unpaired) electrons. The normalized spacial score (nSPS) is 15.2. The average molecular weight is 388 g/mol. The Morgan fingerprint density at radius 2 is 1.83 bits per heavy atom. The van der Waals surface area contributed by atoms with Crippen molar-refractivity contribution in [1.82, 2.24) is 29.9 Å². The van der Waals surface area contributed by atoms with Crippen LogP contribution < -0.4 is 0 Å². The number of rotatable bonds is 6. The molecule has 1 aliphatic rings. The van der Waals surface area contributed by atoms with Crippen molar-refractivity contribution in [1.29, 1.82) is 0 Å². The van der Waals surface area contributed by atoms with Crippen LogP contribution in [0.15, 0.2) is 55.0 Å². The molecule has 0 amide bonds. The van der Waals surface area contributed by atoms with E-state index in [1.54, 1.807) is 0 Å². The summed E-state index contributed by atoms with van der Waals surface area (Å²) in [5, 5.41) is 13.0. The number of aromatic amines is 1. The minimum Gasteiger partial charge on any atom is -0.379 e. The Labute approximate surface area is 169 Å². The molecule has 1 aliphatic heterocycles. The number of morpholine rings is 1. The van der Waals surface area contributed by atoms with Gasteiger partial charge in [0.1, 0.15) is 0 Å². The van der Waals surface area contributed by atoms with E-state index >= 15 is 0 Å². The molecule has 0 bridgehead atoms. The molecule has 1 N–H and O–H groups in total. The van der Waals surface area contributed by atoms with Crippen molar-refractivity contribution < 1.29 is 4.74 Å². The fourth-order valence-electron chi connectivity index (χ4n) is 3.80. The largest absolute Gasteiger partial charge is 0.379 e. The molecular weight excluding hydrogens is 364 g/mol. The van der Waals surface area contributed by atoms with E-state index in [-0.39, 0.29) is 0 Å². The lowest BCUT2D eigenvalue weighted by molar-refractivity contribution is 0.0368. The third kappa shape index (κ3) is 3.92. The van der Waals surface area contributed by atoms with Gasteiger partial charge in [0.2, 0.25) is 0 Å². The number of nitrogens with one attached hydrogen (secondary N) is 1. The number of fused-ring (bicyclic) bond motifs is 1. The highest BCUT2D eigenvalue weighted by Gasteiger charge is 2.12. The van der Waals surface area contributed by atoms with E-state index in [4.69, 9.17) is 4.74 Å². The topological polar surface area (TPSA) is 71.9 Å². The lowest BCUT2D eigenvalue weighted by atomic mass is 10.1. The second-order valence-electron chi connectivity index (χ2n) is 7.36. The van der Waals surface area contributed by atoms with Gasteiger partial charge in [-0.15, -0.1) is 0 Å². The number of nitrogens with zero attached hydrogens (tertiary/aromatic N) is 5. The molecule has 29 heavy (non-hydrogen) atoms. The highest BCUT2D eigenvalue weighted by atomic mass is 16.5. The van der Waals surface area contributed by atoms with Gasteiger partial charge in [0.25, 0.3) is 0 Å². The van der Waals surface area contributed by atoms with Crippen LogP contribution in [0.25, 0.3) is 33.4 Å². The van der Waals surface area contributed by atoms with Crippen LogP contribution in [-0.2, 0) is 11.3 Å². The fourth-order valence-corrected chi connectivity index (χ4v) is 3.80. The molecule has 0 unspecified atom stereocenters. The Balaban J connectivity index is 1.32. The summed E-state index contributed by atoms with van der Waals surface area (Å²) in [6.45, 7) is 5.76. The number of aromatic nitrogens is 5. The predicted octanol–water partition coefficient (Wildman–Crippen LogP) is 3.21. The first-order valence-corrected chi connectivity index (χ1v) is 10.1. The van der Waals surface area contributed by atoms with Crippen LogP contribution in [0, 0.1) is 0 Å². The number of ether oxygens (including phenoxy) is 1. The van der Waals surface area contributed by atoms with Gasteiger partial charge in [-0.25, -0.2) is 4.98 Å². The molecule has 3 aromatic heterocycles. The molecule has 5 rings (SSSR count). The Morgan fingerprint density at radius 1 is 0.966 bits per heavy atom. The Bertz CT molecular complexity index is 1080. The second kappa shape index (κ2) is 8.14. The van der Waals surface area contributed by atoms with E-state index < -0.39 is 0 Å². The lowest BCUT2D eigenvalue weighted by Gasteiger charge is -2.26. The van der Waals surface area contributed by atoms with E-state index in [2.05, 4.69) is 49.6 Å². The van der Waals surface area contributed by atoms with Crippen LogP contribution in [0.1, 0.15) is 6.42 Å². The van der Waals surface area contributed by atoms with Gasteiger partial charge in [-0.05, 0) is 12.5 Å². The van der Waals surface area contributed by atoms with Gasteiger partial charge in [0.15, 0.2) is 5.65 Å². The van der Waals surface area contributed by atoms with Crippen LogP contribution >= 0.6 is 0 Å². The zero-order valence-electron chi connectivity index (χ0n) is 16.3. The number of benzene rings is 1. The van der Waals surface area contributed by atoms with Crippen molar-refractivity contribution in [3.63, 3.8) is 0 Å². The SMILES string of the molecule is c1ccc(-c2[nH]nc3ncc(-c4cnn(CCCN5CCOCC5)c4)cc23)cc1. The van der Waals surface area contributed by atoms with Crippen LogP contribution in [0.2, 0.25) is 0 Å². The molecule has 1 aromatic carbocycles. The van der Waals surface area contributed by atoms with E-state index in [1.165, 1.54) is 0 Å². The molecule has 0 saturated carbocycles. The van der Waals surface area contributed by atoms with Crippen molar-refractivity contribution in [3.05, 3.63) is 55.0 Å². The summed E-state index contributed by atoms with van der Waals surface area (Å²) in [6.07, 6.45) is 6.97. The van der Waals surface area contributed by atoms with E-state index in [9.17, 15) is 0 Å². The number of aryl methyl sites for hydroxylation is 1. The van der Waals surface area contributed by atoms with E-state index in [0.717, 1.165) is 79.2 Å². The smallest absolute Gasteiger partial charge is 0.181 e. The van der Waals surface area contributed by atoms with Gasteiger partial charge in [0, 0.05) is 60.6 Å². The summed E-state index contributed by atoms with van der Waals surface area (Å²) in [5.41, 5.74) is 4.95. The number of hydrogen-bond acceptors (Lipinski definition) is 5. The molecule has 4 aromatic rings. The number of hydrogen-bond donors (Lipinski definition) is 1. The molecule has 7 heteroatoms. The summed E-state index contributed by atoms with van der Waals surface area (Å²) in [5.74, 6) is 0. The van der Waals surface area contributed by atoms with Gasteiger partial charge in [-0.3, -0.25) is 14.7 Å². The summed E-state index contributed by atoms with van der Waals surface area (Å²) in [6, 6.07) is 12.4. The van der Waals surface area contributed by atoms with Crippen molar-refractivity contribution in [2.75, 3.05) is 32.8 Å². The lowest BCUT2D eigenvalue weighted by Crippen LogP contribution is -2.37. The minimum absolute atomic E-state index is 0.727. The molecule has 7 nitrogen and oxygen atoms in total. The zero-order valence-corrected chi connectivity index (χ0v) is 16.3. The Kier molecular flexibility index (Phi) is 5.06. The van der Waals surface area contributed by atoms with Crippen LogP contribution in [0.5, 0.6) is 0 Å². The quantitative estimate of drug-likeness (QED) is 0.549. The molecule has 148 valence electrons. The van der Waals surface area contributed by atoms with E-state index in [1.807, 2.05) is 35.3 Å². The van der Waals surface area contributed by atoms with Crippen molar-refractivity contribution in [2.24, 2.45) is 0 Å². The zero-order chi connectivity index (χ0) is 19.5. The predicted molar refractivity (Wildman–Crippen MR) is 112 cm³/mol. The summed E-state index contributed by atoms with van der Waals surface area (Å²) >= 11 is 0. The average Bonchev–Trinajstić information content (AvgIpc) is 3.42. The van der Waals surface area contributed by atoms with Crippen LogP contribution in [0.4, 0.5) is 0 Å². The van der Waals surface area contributed by atoms with Gasteiger partial charge >= 0.3 is 0 Å². The monoisotopic (exact) mass is 388 g/mol. The maximum Gasteiger partial charge on any atom is 0.181 e. The first-order valence-electron chi connectivity index (χ1n) is 10.1. The van der Waals surface area contributed by atoms with Gasteiger partial charge < -0.3 is 4.74 Å². The van der Waals surface area contributed by atoms with Crippen LogP contribution in [-0.4, -0.2) is 62.7 Å². The third-order valence-corrected chi connectivity index (χ3v) is 5.40. The van der Waals surface area contributed by atoms with Crippen LogP contribution in [0.3, 0.4) is 0 Å². The Morgan fingerprint density at radius 3 is 2.69 bits per heavy atom. The van der Waals surface area contributed by atoms with E-state index in [0.29, 0.717) is 0 Å². The number of pyridine rings is 1. The molecule has 1 fully saturated rings. The molecule has 1 saturated heterocycles. The first kappa shape index (κ1) is 18.0. The highest BCUT2D eigenvalue weighted by molar-refractivity contribution is 5.93. The highest BCUT2D eigenvalue weighted by Crippen LogP contribution is 2.28. The molecule has 0 aliphatic carbocycles. The summed E-state index contributed by atoms with van der Waals surface area (Å²) < 4.78 is 7.43. The van der Waals surface area contributed by atoms with Crippen molar-refractivity contribution in [3.8, 4) is 22.4 Å². The second-order valence-corrected chi connectivity index (χ2v) is 7.36. The first-order chi connectivity index (χ1) is 14.4. The maximum absolute atomic E-state index is 5.41. The maximum atomic E-state index is 5.41. The van der Waals surface area contributed by atoms with Crippen molar-refractivity contribution in [2.45, 2.75) is 13.0 Å². The fraction of sp³-hybridized carbons (Fsp3) is 0.318. The molecule has 4 heterocycles. The number of H-pyrrole nitrogens is 1. The molecule has 0 spiro atoms. The standard InChI is InChI=1S/C22H24N6O/c1-2-5-17(6-3-1)21-20-13-18(14-23-22(20)26-25-21)19-15-24-28(16-19)8-4-7-27-9-11-29-12-10-27/h1-3,5-6,13-16H,4,7-12H2,(H,23,25,26).